The summed E-state index contributed by atoms with van der Waals surface area (Å²) in [5.41, 5.74) is 0.344. The predicted molar refractivity (Wildman–Crippen MR) is 78.3 cm³/mol. The number of sulfonamides is 1. The molecule has 1 amide bonds. The molecule has 1 saturated heterocycles. The Balaban J connectivity index is 2.42. The summed E-state index contributed by atoms with van der Waals surface area (Å²) in [5, 5.41) is 11.9. The number of aryl methyl sites for hydroxylation is 1. The number of carbonyl (C=O) groups excluding carboxylic acids is 1. The van der Waals surface area contributed by atoms with Gasteiger partial charge in [-0.2, -0.15) is 5.10 Å². The smallest absolute Gasteiger partial charge is 0.276 e. The molecule has 1 aliphatic heterocycles. The topological polar surface area (TPSA) is 109 Å². The molecule has 2 heterocycles. The zero-order valence-corrected chi connectivity index (χ0v) is 13.2. The van der Waals surface area contributed by atoms with Crippen molar-refractivity contribution < 1.29 is 13.2 Å². The number of carbonyl (C=O) groups is 1. The summed E-state index contributed by atoms with van der Waals surface area (Å²) in [7, 11) is -3.98. The number of aromatic amines is 1. The van der Waals surface area contributed by atoms with E-state index < -0.39 is 10.0 Å². The maximum Gasteiger partial charge on any atom is 0.276 e. The van der Waals surface area contributed by atoms with Crippen LogP contribution in [0.15, 0.2) is 4.90 Å². The second-order valence-corrected chi connectivity index (χ2v) is 6.88. The third-order valence-corrected chi connectivity index (χ3v) is 4.90. The van der Waals surface area contributed by atoms with Crippen molar-refractivity contribution in [3.8, 4) is 0 Å². The van der Waals surface area contributed by atoms with Gasteiger partial charge in [0.2, 0.25) is 10.0 Å². The van der Waals surface area contributed by atoms with Gasteiger partial charge in [0.15, 0.2) is 5.69 Å². The van der Waals surface area contributed by atoms with Crippen LogP contribution >= 0.6 is 0 Å². The summed E-state index contributed by atoms with van der Waals surface area (Å²) in [6, 6.07) is 0.150. The van der Waals surface area contributed by atoms with Gasteiger partial charge in [0.25, 0.3) is 5.91 Å². The summed E-state index contributed by atoms with van der Waals surface area (Å²) in [6.45, 7) is 4.57. The number of nitrogens with zero attached hydrogens (tertiary/aromatic N) is 2. The molecule has 1 atom stereocenters. The zero-order chi connectivity index (χ0) is 15.6. The van der Waals surface area contributed by atoms with Crippen LogP contribution in [0.4, 0.5) is 0 Å². The SMILES string of the molecule is CCCc1[nH]nc(C(=O)N2CCCC2CC)c1S(N)(=O)=O. The van der Waals surface area contributed by atoms with Gasteiger partial charge in [-0.15, -0.1) is 0 Å². The molecule has 0 radical (unpaired) electrons. The van der Waals surface area contributed by atoms with E-state index in [2.05, 4.69) is 10.2 Å². The van der Waals surface area contributed by atoms with Gasteiger partial charge in [-0.25, -0.2) is 13.6 Å². The van der Waals surface area contributed by atoms with E-state index in [0.717, 1.165) is 25.7 Å². The molecule has 3 N–H and O–H groups in total. The van der Waals surface area contributed by atoms with Crippen molar-refractivity contribution in [2.45, 2.75) is 56.9 Å². The zero-order valence-electron chi connectivity index (χ0n) is 12.4. The van der Waals surface area contributed by atoms with Crippen LogP contribution in [0.2, 0.25) is 0 Å². The lowest BCUT2D eigenvalue weighted by Crippen LogP contribution is -2.36. The third kappa shape index (κ3) is 3.11. The summed E-state index contributed by atoms with van der Waals surface area (Å²) >= 11 is 0. The molecular formula is C13H22N4O3S. The number of hydrogen-bond acceptors (Lipinski definition) is 4. The fraction of sp³-hybridized carbons (Fsp3) is 0.692. The van der Waals surface area contributed by atoms with Crippen molar-refractivity contribution in [2.24, 2.45) is 5.14 Å². The molecule has 1 unspecified atom stereocenters. The van der Waals surface area contributed by atoms with Crippen LogP contribution in [0.25, 0.3) is 0 Å². The van der Waals surface area contributed by atoms with Crippen molar-refractivity contribution in [1.82, 2.24) is 15.1 Å². The molecule has 0 saturated carbocycles. The molecular weight excluding hydrogens is 292 g/mol. The monoisotopic (exact) mass is 314 g/mol. The summed E-state index contributed by atoms with van der Waals surface area (Å²) in [6.07, 6.45) is 3.95. The fourth-order valence-electron chi connectivity index (χ4n) is 2.90. The predicted octanol–water partition coefficient (Wildman–Crippen LogP) is 1.02. The van der Waals surface area contributed by atoms with E-state index in [1.807, 2.05) is 13.8 Å². The van der Waals surface area contributed by atoms with Crippen LogP contribution in [0, 0.1) is 0 Å². The molecule has 0 aliphatic carbocycles. The Morgan fingerprint density at radius 1 is 1.48 bits per heavy atom. The van der Waals surface area contributed by atoms with Crippen LogP contribution in [0.3, 0.4) is 0 Å². The van der Waals surface area contributed by atoms with Gasteiger partial charge >= 0.3 is 0 Å². The minimum atomic E-state index is -3.98. The second-order valence-electron chi connectivity index (χ2n) is 5.38. The summed E-state index contributed by atoms with van der Waals surface area (Å²) in [5.74, 6) is -0.345. The van der Waals surface area contributed by atoms with E-state index >= 15 is 0 Å². The van der Waals surface area contributed by atoms with Gasteiger partial charge in [0.1, 0.15) is 4.90 Å². The van der Waals surface area contributed by atoms with Gasteiger partial charge < -0.3 is 4.90 Å². The van der Waals surface area contributed by atoms with Gasteiger partial charge in [0.05, 0.1) is 5.69 Å². The molecule has 0 bridgehead atoms. The first-order valence-electron chi connectivity index (χ1n) is 7.31. The van der Waals surface area contributed by atoms with Gasteiger partial charge in [-0.1, -0.05) is 20.3 Å². The molecule has 21 heavy (non-hydrogen) atoms. The highest BCUT2D eigenvalue weighted by Gasteiger charge is 2.34. The van der Waals surface area contributed by atoms with Gasteiger partial charge in [-0.3, -0.25) is 9.89 Å². The number of likely N-dealkylation sites (tertiary alicyclic amines) is 1. The lowest BCUT2D eigenvalue weighted by Gasteiger charge is -2.22. The summed E-state index contributed by atoms with van der Waals surface area (Å²) in [4.78, 5) is 14.2. The van der Waals surface area contributed by atoms with Crippen molar-refractivity contribution >= 4 is 15.9 Å². The molecule has 1 aromatic heterocycles. The van der Waals surface area contributed by atoms with E-state index in [-0.39, 0.29) is 22.5 Å². The normalized spacial score (nSPS) is 19.2. The van der Waals surface area contributed by atoms with Crippen LogP contribution in [0.1, 0.15) is 55.7 Å². The van der Waals surface area contributed by atoms with Crippen molar-refractivity contribution in [3.05, 3.63) is 11.4 Å². The highest BCUT2D eigenvalue weighted by atomic mass is 32.2. The van der Waals surface area contributed by atoms with Crippen molar-refractivity contribution in [1.29, 1.82) is 0 Å². The van der Waals surface area contributed by atoms with E-state index in [9.17, 15) is 13.2 Å². The standard InChI is InChI=1S/C13H22N4O3S/c1-3-6-10-12(21(14,19)20)11(16-15-10)13(18)17-8-5-7-9(17)4-2/h9H,3-8H2,1-2H3,(H,15,16)(H2,14,19,20). The molecule has 0 spiro atoms. The number of rotatable bonds is 5. The Bertz CT molecular complexity index is 623. The van der Waals surface area contributed by atoms with Crippen LogP contribution in [0.5, 0.6) is 0 Å². The van der Waals surface area contributed by atoms with Crippen LogP contribution in [-0.2, 0) is 16.4 Å². The molecule has 1 aliphatic rings. The average molecular weight is 314 g/mol. The molecule has 8 heteroatoms. The number of amides is 1. The highest BCUT2D eigenvalue weighted by Crippen LogP contribution is 2.25. The Morgan fingerprint density at radius 3 is 2.76 bits per heavy atom. The Morgan fingerprint density at radius 2 is 2.19 bits per heavy atom. The van der Waals surface area contributed by atoms with Gasteiger partial charge in [-0.05, 0) is 25.7 Å². The number of nitrogens with one attached hydrogen (secondary N) is 1. The van der Waals surface area contributed by atoms with Crippen LogP contribution < -0.4 is 5.14 Å². The fourth-order valence-corrected chi connectivity index (χ4v) is 3.80. The quantitative estimate of drug-likeness (QED) is 0.845. The second kappa shape index (κ2) is 6.15. The molecule has 118 valence electrons. The van der Waals surface area contributed by atoms with Gasteiger partial charge in [0, 0.05) is 12.6 Å². The maximum atomic E-state index is 12.6. The van der Waals surface area contributed by atoms with E-state index in [4.69, 9.17) is 5.14 Å². The molecule has 2 rings (SSSR count). The summed E-state index contributed by atoms with van der Waals surface area (Å²) < 4.78 is 23.7. The number of nitrogens with two attached hydrogens (primary N) is 1. The lowest BCUT2D eigenvalue weighted by molar-refractivity contribution is 0.0723. The largest absolute Gasteiger partial charge is 0.334 e. The van der Waals surface area contributed by atoms with Crippen molar-refractivity contribution in [2.75, 3.05) is 6.54 Å². The Labute approximate surface area is 124 Å². The lowest BCUT2D eigenvalue weighted by atomic mass is 10.1. The Hall–Kier alpha value is -1.41. The Kier molecular flexibility index (Phi) is 4.67. The highest BCUT2D eigenvalue weighted by molar-refractivity contribution is 7.89. The first kappa shape index (κ1) is 16.0. The first-order valence-corrected chi connectivity index (χ1v) is 8.85. The number of primary sulfonamides is 1. The third-order valence-electron chi connectivity index (χ3n) is 3.89. The molecule has 0 aromatic carbocycles. The first-order chi connectivity index (χ1) is 9.90. The maximum absolute atomic E-state index is 12.6. The minimum absolute atomic E-state index is 0.0682. The van der Waals surface area contributed by atoms with E-state index in [1.165, 1.54) is 0 Å². The van der Waals surface area contributed by atoms with E-state index in [0.29, 0.717) is 18.7 Å². The number of H-pyrrole nitrogens is 1. The average Bonchev–Trinajstić information content (AvgIpc) is 3.03. The number of aromatic nitrogens is 2. The minimum Gasteiger partial charge on any atom is -0.334 e. The van der Waals surface area contributed by atoms with Crippen molar-refractivity contribution in [3.63, 3.8) is 0 Å². The molecule has 1 fully saturated rings. The molecule has 7 nitrogen and oxygen atoms in total. The number of hydrogen-bond donors (Lipinski definition) is 2. The molecule has 1 aromatic rings. The van der Waals surface area contributed by atoms with E-state index in [1.54, 1.807) is 4.90 Å². The van der Waals surface area contributed by atoms with Crippen LogP contribution in [-0.4, -0.2) is 42.0 Å².